The third-order valence-corrected chi connectivity index (χ3v) is 3.99. The number of rotatable bonds is 6. The molecule has 3 nitrogen and oxygen atoms in total. The van der Waals surface area contributed by atoms with Gasteiger partial charge in [-0.2, -0.15) is 0 Å². The van der Waals surface area contributed by atoms with Crippen LogP contribution in [0.2, 0.25) is 0 Å². The number of aliphatic hydroxyl groups excluding tert-OH is 1. The molecular weight excluding hydrogens is 200 g/mol. The molecule has 0 aromatic carbocycles. The highest BCUT2D eigenvalue weighted by atomic mass is 16.3. The van der Waals surface area contributed by atoms with E-state index in [2.05, 4.69) is 24.1 Å². The van der Waals surface area contributed by atoms with Gasteiger partial charge in [-0.1, -0.05) is 0 Å². The topological polar surface area (TPSA) is 35.5 Å². The van der Waals surface area contributed by atoms with E-state index >= 15 is 0 Å². The van der Waals surface area contributed by atoms with Gasteiger partial charge in [0.15, 0.2) is 0 Å². The van der Waals surface area contributed by atoms with Crippen molar-refractivity contribution in [3.63, 3.8) is 0 Å². The van der Waals surface area contributed by atoms with Crippen LogP contribution in [-0.4, -0.2) is 47.3 Å². The molecule has 1 aliphatic carbocycles. The van der Waals surface area contributed by atoms with E-state index in [9.17, 15) is 5.11 Å². The van der Waals surface area contributed by atoms with Crippen molar-refractivity contribution in [2.75, 3.05) is 19.7 Å². The summed E-state index contributed by atoms with van der Waals surface area (Å²) in [5.74, 6) is 0. The molecule has 2 atom stereocenters. The molecule has 0 bridgehead atoms. The van der Waals surface area contributed by atoms with Crippen molar-refractivity contribution in [1.29, 1.82) is 0 Å². The molecule has 0 radical (unpaired) electrons. The third-order valence-electron chi connectivity index (χ3n) is 3.99. The Labute approximate surface area is 99.2 Å². The SMILES string of the molecule is CC(CC(C)(CO)NC1CC1)N1CCCC1. The van der Waals surface area contributed by atoms with Gasteiger partial charge < -0.3 is 15.3 Å². The Morgan fingerprint density at radius 3 is 2.50 bits per heavy atom. The summed E-state index contributed by atoms with van der Waals surface area (Å²) in [6, 6.07) is 1.26. The molecule has 0 aromatic heterocycles. The van der Waals surface area contributed by atoms with Crippen LogP contribution in [0.25, 0.3) is 0 Å². The fourth-order valence-electron chi connectivity index (χ4n) is 2.85. The van der Waals surface area contributed by atoms with Crippen LogP contribution < -0.4 is 5.32 Å². The number of aliphatic hydroxyl groups is 1. The van der Waals surface area contributed by atoms with Gasteiger partial charge in [0.2, 0.25) is 0 Å². The van der Waals surface area contributed by atoms with Crippen LogP contribution in [0.5, 0.6) is 0 Å². The second kappa shape index (κ2) is 5.03. The first kappa shape index (κ1) is 12.3. The fourth-order valence-corrected chi connectivity index (χ4v) is 2.85. The monoisotopic (exact) mass is 226 g/mol. The molecule has 0 spiro atoms. The highest BCUT2D eigenvalue weighted by Crippen LogP contribution is 2.26. The fraction of sp³-hybridized carbons (Fsp3) is 1.00. The van der Waals surface area contributed by atoms with Gasteiger partial charge in [0, 0.05) is 17.6 Å². The zero-order chi connectivity index (χ0) is 11.6. The van der Waals surface area contributed by atoms with Crippen LogP contribution in [0.15, 0.2) is 0 Å². The van der Waals surface area contributed by atoms with Gasteiger partial charge in [-0.3, -0.25) is 0 Å². The predicted octanol–water partition coefficient (Wildman–Crippen LogP) is 1.36. The van der Waals surface area contributed by atoms with Crippen molar-refractivity contribution >= 4 is 0 Å². The van der Waals surface area contributed by atoms with Crippen LogP contribution in [0, 0.1) is 0 Å². The summed E-state index contributed by atoms with van der Waals surface area (Å²) >= 11 is 0. The summed E-state index contributed by atoms with van der Waals surface area (Å²) < 4.78 is 0. The first-order valence-corrected chi connectivity index (χ1v) is 6.75. The molecule has 1 aliphatic heterocycles. The van der Waals surface area contributed by atoms with Crippen molar-refractivity contribution in [3.8, 4) is 0 Å². The number of nitrogens with one attached hydrogen (secondary N) is 1. The molecule has 1 saturated heterocycles. The summed E-state index contributed by atoms with van der Waals surface area (Å²) in [7, 11) is 0. The molecule has 2 unspecified atom stereocenters. The zero-order valence-corrected chi connectivity index (χ0v) is 10.7. The highest BCUT2D eigenvalue weighted by molar-refractivity contribution is 4.94. The summed E-state index contributed by atoms with van der Waals surface area (Å²) in [5, 5.41) is 13.2. The van der Waals surface area contributed by atoms with Gasteiger partial charge in [0.1, 0.15) is 0 Å². The average molecular weight is 226 g/mol. The van der Waals surface area contributed by atoms with Crippen molar-refractivity contribution < 1.29 is 5.11 Å². The zero-order valence-electron chi connectivity index (χ0n) is 10.7. The largest absolute Gasteiger partial charge is 0.394 e. The Hall–Kier alpha value is -0.120. The molecule has 94 valence electrons. The van der Waals surface area contributed by atoms with Crippen molar-refractivity contribution in [1.82, 2.24) is 10.2 Å². The number of nitrogens with zero attached hydrogens (tertiary/aromatic N) is 1. The summed E-state index contributed by atoms with van der Waals surface area (Å²) in [5.41, 5.74) is -0.0802. The Morgan fingerprint density at radius 1 is 1.38 bits per heavy atom. The van der Waals surface area contributed by atoms with E-state index < -0.39 is 0 Å². The quantitative estimate of drug-likeness (QED) is 0.718. The maximum atomic E-state index is 9.57. The van der Waals surface area contributed by atoms with Gasteiger partial charge in [-0.25, -0.2) is 0 Å². The predicted molar refractivity (Wildman–Crippen MR) is 66.5 cm³/mol. The second-order valence-electron chi connectivity index (χ2n) is 5.93. The molecule has 1 saturated carbocycles. The van der Waals surface area contributed by atoms with Crippen LogP contribution in [0.1, 0.15) is 46.0 Å². The molecule has 1 heterocycles. The van der Waals surface area contributed by atoms with E-state index in [4.69, 9.17) is 0 Å². The van der Waals surface area contributed by atoms with Crippen LogP contribution in [-0.2, 0) is 0 Å². The maximum Gasteiger partial charge on any atom is 0.0611 e. The van der Waals surface area contributed by atoms with E-state index in [1.54, 1.807) is 0 Å². The minimum Gasteiger partial charge on any atom is -0.394 e. The Morgan fingerprint density at radius 2 is 2.00 bits per heavy atom. The standard InChI is InChI=1S/C13H26N2O/c1-11(15-7-3-4-8-15)9-13(2,10-16)14-12-5-6-12/h11-12,14,16H,3-10H2,1-2H3. The molecule has 2 fully saturated rings. The van der Waals surface area contributed by atoms with Crippen molar-refractivity contribution in [2.24, 2.45) is 0 Å². The molecule has 16 heavy (non-hydrogen) atoms. The Balaban J connectivity index is 1.83. The second-order valence-corrected chi connectivity index (χ2v) is 5.93. The molecule has 0 amide bonds. The maximum absolute atomic E-state index is 9.57. The van der Waals surface area contributed by atoms with Crippen molar-refractivity contribution in [3.05, 3.63) is 0 Å². The molecular formula is C13H26N2O. The lowest BCUT2D eigenvalue weighted by Gasteiger charge is -2.35. The van der Waals surface area contributed by atoms with Gasteiger partial charge in [-0.05, 0) is 59.0 Å². The van der Waals surface area contributed by atoms with Gasteiger partial charge in [0.25, 0.3) is 0 Å². The van der Waals surface area contributed by atoms with Gasteiger partial charge >= 0.3 is 0 Å². The Kier molecular flexibility index (Phi) is 3.88. The molecule has 0 aromatic rings. The number of hydrogen-bond donors (Lipinski definition) is 2. The van der Waals surface area contributed by atoms with E-state index in [0.717, 1.165) is 6.42 Å². The van der Waals surface area contributed by atoms with E-state index in [1.165, 1.54) is 38.8 Å². The summed E-state index contributed by atoms with van der Waals surface area (Å²) in [4.78, 5) is 2.56. The first-order chi connectivity index (χ1) is 7.63. The molecule has 2 N–H and O–H groups in total. The Bertz CT molecular complexity index is 224. The normalized spacial score (nSPS) is 27.9. The lowest BCUT2D eigenvalue weighted by molar-refractivity contribution is 0.124. The van der Waals surface area contributed by atoms with E-state index in [-0.39, 0.29) is 12.1 Å². The number of likely N-dealkylation sites (tertiary alicyclic amines) is 1. The third kappa shape index (κ3) is 3.19. The van der Waals surface area contributed by atoms with Crippen LogP contribution >= 0.6 is 0 Å². The summed E-state index contributed by atoms with van der Waals surface area (Å²) in [6.45, 7) is 7.20. The molecule has 3 heteroatoms. The van der Waals surface area contributed by atoms with E-state index in [0.29, 0.717) is 12.1 Å². The van der Waals surface area contributed by atoms with Crippen LogP contribution in [0.3, 0.4) is 0 Å². The lowest BCUT2D eigenvalue weighted by atomic mass is 9.93. The van der Waals surface area contributed by atoms with Gasteiger partial charge in [-0.15, -0.1) is 0 Å². The average Bonchev–Trinajstić information content (AvgIpc) is 2.88. The summed E-state index contributed by atoms with van der Waals surface area (Å²) in [6.07, 6.45) is 6.31. The van der Waals surface area contributed by atoms with Gasteiger partial charge in [0.05, 0.1) is 6.61 Å². The van der Waals surface area contributed by atoms with Crippen molar-refractivity contribution in [2.45, 2.75) is 63.6 Å². The minimum atomic E-state index is -0.0802. The van der Waals surface area contributed by atoms with Crippen LogP contribution in [0.4, 0.5) is 0 Å². The lowest BCUT2D eigenvalue weighted by Crippen LogP contribution is -2.51. The first-order valence-electron chi connectivity index (χ1n) is 6.75. The highest BCUT2D eigenvalue weighted by Gasteiger charge is 2.34. The molecule has 2 aliphatic rings. The molecule has 2 rings (SSSR count). The number of hydrogen-bond acceptors (Lipinski definition) is 3. The van der Waals surface area contributed by atoms with E-state index in [1.807, 2.05) is 0 Å². The smallest absolute Gasteiger partial charge is 0.0611 e. The minimum absolute atomic E-state index is 0.0802.